The zero-order valence-corrected chi connectivity index (χ0v) is 7.68. The molecule has 0 unspecified atom stereocenters. The lowest BCUT2D eigenvalue weighted by Crippen LogP contribution is -2.08. The number of nitrogens with zero attached hydrogens (tertiary/aromatic N) is 1. The van der Waals surface area contributed by atoms with E-state index in [1.54, 1.807) is 0 Å². The van der Waals surface area contributed by atoms with Crippen LogP contribution in [0.3, 0.4) is 0 Å². The quantitative estimate of drug-likeness (QED) is 0.336. The van der Waals surface area contributed by atoms with Crippen molar-refractivity contribution in [2.75, 3.05) is 39.6 Å². The summed E-state index contributed by atoms with van der Waals surface area (Å²) in [4.78, 5) is 3.66. The van der Waals surface area contributed by atoms with Crippen molar-refractivity contribution in [3.05, 3.63) is 0 Å². The van der Waals surface area contributed by atoms with Gasteiger partial charge in [0.2, 0.25) is 0 Å². The zero-order valence-electron chi connectivity index (χ0n) is 6.86. The Morgan fingerprint density at radius 1 is 1.17 bits per heavy atom. The summed E-state index contributed by atoms with van der Waals surface area (Å²) >= 11 is 4.36. The second-order valence-electron chi connectivity index (χ2n) is 1.92. The summed E-state index contributed by atoms with van der Waals surface area (Å²) in [6.07, 6.45) is 0. The van der Waals surface area contributed by atoms with Crippen LogP contribution in [0.2, 0.25) is 0 Å². The molecule has 0 aromatic rings. The molecule has 12 heavy (non-hydrogen) atoms. The molecule has 0 radical (unpaired) electrons. The largest absolute Gasteiger partial charge is 0.394 e. The van der Waals surface area contributed by atoms with E-state index in [-0.39, 0.29) is 6.61 Å². The van der Waals surface area contributed by atoms with E-state index in [4.69, 9.17) is 14.6 Å². The molecule has 0 saturated heterocycles. The zero-order chi connectivity index (χ0) is 9.07. The molecule has 0 bridgehead atoms. The number of hydrogen-bond donors (Lipinski definition) is 1. The van der Waals surface area contributed by atoms with E-state index >= 15 is 0 Å². The van der Waals surface area contributed by atoms with Gasteiger partial charge in [-0.25, -0.2) is 4.99 Å². The maximum atomic E-state index is 8.34. The maximum Gasteiger partial charge on any atom is 0.0727 e. The van der Waals surface area contributed by atoms with Crippen molar-refractivity contribution in [2.24, 2.45) is 4.99 Å². The Kier molecular flexibility index (Phi) is 10.4. The normalized spacial score (nSPS) is 9.42. The monoisotopic (exact) mass is 191 g/mol. The molecule has 0 fully saturated rings. The van der Waals surface area contributed by atoms with Gasteiger partial charge in [0, 0.05) is 0 Å². The standard InChI is InChI=1S/C7H13NO3S/c9-2-4-11-6-5-10-3-1-8-7-12/h9H,1-6H2. The third-order valence-electron chi connectivity index (χ3n) is 1.02. The highest BCUT2D eigenvalue weighted by atomic mass is 32.1. The Morgan fingerprint density at radius 3 is 2.42 bits per heavy atom. The van der Waals surface area contributed by atoms with E-state index in [0.717, 1.165) is 0 Å². The van der Waals surface area contributed by atoms with Crippen LogP contribution in [0.1, 0.15) is 0 Å². The van der Waals surface area contributed by atoms with Crippen molar-refractivity contribution in [1.82, 2.24) is 0 Å². The summed E-state index contributed by atoms with van der Waals surface area (Å²) in [5.41, 5.74) is 0. The van der Waals surface area contributed by atoms with E-state index in [2.05, 4.69) is 22.4 Å². The van der Waals surface area contributed by atoms with Crippen LogP contribution in [0.15, 0.2) is 4.99 Å². The first-order chi connectivity index (χ1) is 5.91. The van der Waals surface area contributed by atoms with Crippen LogP contribution < -0.4 is 0 Å². The third kappa shape index (κ3) is 9.68. The summed E-state index contributed by atoms with van der Waals surface area (Å²) in [7, 11) is 0. The number of rotatable bonds is 8. The van der Waals surface area contributed by atoms with E-state index in [1.165, 1.54) is 0 Å². The van der Waals surface area contributed by atoms with Gasteiger partial charge in [0.25, 0.3) is 0 Å². The van der Waals surface area contributed by atoms with Crippen molar-refractivity contribution in [3.8, 4) is 0 Å². The number of aliphatic imine (C=N–C) groups is 1. The minimum Gasteiger partial charge on any atom is -0.394 e. The van der Waals surface area contributed by atoms with Gasteiger partial charge in [0.05, 0.1) is 44.7 Å². The van der Waals surface area contributed by atoms with Gasteiger partial charge in [-0.2, -0.15) is 0 Å². The molecule has 5 heteroatoms. The molecular formula is C7H13NO3S. The topological polar surface area (TPSA) is 51.0 Å². The molecule has 0 atom stereocenters. The van der Waals surface area contributed by atoms with Crippen LogP contribution in [0.5, 0.6) is 0 Å². The first-order valence-corrected chi connectivity index (χ1v) is 4.12. The van der Waals surface area contributed by atoms with Gasteiger partial charge in [-0.1, -0.05) is 0 Å². The number of aliphatic hydroxyl groups is 1. The predicted octanol–water partition coefficient (Wildman–Crippen LogP) is 0.115. The van der Waals surface area contributed by atoms with Crippen LogP contribution in [0.4, 0.5) is 0 Å². The van der Waals surface area contributed by atoms with E-state index in [0.29, 0.717) is 33.0 Å². The molecule has 0 spiro atoms. The number of hydrogen-bond acceptors (Lipinski definition) is 5. The lowest BCUT2D eigenvalue weighted by Gasteiger charge is -2.01. The Bertz CT molecular complexity index is 137. The van der Waals surface area contributed by atoms with E-state index in [9.17, 15) is 0 Å². The van der Waals surface area contributed by atoms with Gasteiger partial charge in [0.1, 0.15) is 0 Å². The molecule has 0 aromatic heterocycles. The number of ether oxygens (including phenoxy) is 2. The molecule has 70 valence electrons. The smallest absolute Gasteiger partial charge is 0.0727 e. The molecule has 0 aliphatic carbocycles. The van der Waals surface area contributed by atoms with Gasteiger partial charge < -0.3 is 14.6 Å². The molecule has 0 amide bonds. The summed E-state index contributed by atoms with van der Waals surface area (Å²) < 4.78 is 10.0. The highest BCUT2D eigenvalue weighted by Gasteiger charge is 1.87. The average Bonchev–Trinajstić information content (AvgIpc) is 2.10. The number of aliphatic hydroxyl groups excluding tert-OH is 1. The number of thiocarbonyl (C=S) groups is 1. The minimum absolute atomic E-state index is 0.0508. The second-order valence-corrected chi connectivity index (χ2v) is 2.10. The average molecular weight is 191 g/mol. The van der Waals surface area contributed by atoms with Gasteiger partial charge in [-0.15, -0.1) is 0 Å². The molecule has 0 saturated carbocycles. The fraction of sp³-hybridized carbons (Fsp3) is 0.857. The van der Waals surface area contributed by atoms with Gasteiger partial charge in [-0.3, -0.25) is 0 Å². The summed E-state index contributed by atoms with van der Waals surface area (Å²) in [6, 6.07) is 0. The van der Waals surface area contributed by atoms with Crippen LogP contribution in [-0.2, 0) is 9.47 Å². The molecule has 0 aromatic carbocycles. The highest BCUT2D eigenvalue weighted by molar-refractivity contribution is 7.78. The highest BCUT2D eigenvalue weighted by Crippen LogP contribution is 1.78. The van der Waals surface area contributed by atoms with E-state index in [1.807, 2.05) is 0 Å². The molecular weight excluding hydrogens is 178 g/mol. The second kappa shape index (κ2) is 10.7. The Morgan fingerprint density at radius 2 is 1.83 bits per heavy atom. The van der Waals surface area contributed by atoms with Crippen molar-refractivity contribution in [3.63, 3.8) is 0 Å². The van der Waals surface area contributed by atoms with Crippen LogP contribution in [0, 0.1) is 0 Å². The predicted molar refractivity (Wildman–Crippen MR) is 48.6 cm³/mol. The van der Waals surface area contributed by atoms with E-state index < -0.39 is 0 Å². The first kappa shape index (κ1) is 11.7. The van der Waals surface area contributed by atoms with Crippen LogP contribution in [-0.4, -0.2) is 49.8 Å². The van der Waals surface area contributed by atoms with Gasteiger partial charge >= 0.3 is 0 Å². The van der Waals surface area contributed by atoms with Crippen molar-refractivity contribution >= 4 is 17.4 Å². The molecule has 1 N–H and O–H groups in total. The lowest BCUT2D eigenvalue weighted by molar-refractivity contribution is 0.0355. The molecule has 0 heterocycles. The minimum atomic E-state index is 0.0508. The third-order valence-corrected chi connectivity index (χ3v) is 1.15. The van der Waals surface area contributed by atoms with Crippen LogP contribution in [0.25, 0.3) is 0 Å². The van der Waals surface area contributed by atoms with Crippen LogP contribution >= 0.6 is 12.2 Å². The summed E-state index contributed by atoms with van der Waals surface area (Å²) in [5, 5.41) is 10.6. The summed E-state index contributed by atoms with van der Waals surface area (Å²) in [5.74, 6) is 0. The molecule has 0 aliphatic rings. The molecule has 0 rings (SSSR count). The first-order valence-electron chi connectivity index (χ1n) is 3.71. The fourth-order valence-electron chi connectivity index (χ4n) is 0.542. The van der Waals surface area contributed by atoms with Gasteiger partial charge in [-0.05, 0) is 12.2 Å². The Hall–Kier alpha value is -0.320. The number of isothiocyanates is 1. The van der Waals surface area contributed by atoms with Crippen molar-refractivity contribution in [2.45, 2.75) is 0 Å². The molecule has 4 nitrogen and oxygen atoms in total. The SMILES string of the molecule is OCCOCCOCCN=C=S. The Balaban J connectivity index is 2.86. The fourth-order valence-corrected chi connectivity index (χ4v) is 0.634. The Labute approximate surface area is 77.2 Å². The lowest BCUT2D eigenvalue weighted by atomic mass is 10.7. The molecule has 0 aliphatic heterocycles. The van der Waals surface area contributed by atoms with Gasteiger partial charge in [0.15, 0.2) is 0 Å². The van der Waals surface area contributed by atoms with Crippen molar-refractivity contribution in [1.29, 1.82) is 0 Å². The maximum absolute atomic E-state index is 8.34. The van der Waals surface area contributed by atoms with Crippen molar-refractivity contribution < 1.29 is 14.6 Å². The summed E-state index contributed by atoms with van der Waals surface area (Å²) in [6.45, 7) is 2.51.